The number of hydrogen-bond donors (Lipinski definition) is 1. The lowest BCUT2D eigenvalue weighted by atomic mass is 10.1. The van der Waals surface area contributed by atoms with Gasteiger partial charge in [-0.15, -0.1) is 0 Å². The number of aromatic nitrogens is 2. The highest BCUT2D eigenvalue weighted by Gasteiger charge is 2.27. The summed E-state index contributed by atoms with van der Waals surface area (Å²) in [7, 11) is 4.75. The van der Waals surface area contributed by atoms with Crippen LogP contribution in [0.15, 0.2) is 16.7 Å². The average Bonchev–Trinajstić information content (AvgIpc) is 3.10. The van der Waals surface area contributed by atoms with E-state index in [9.17, 15) is 10.1 Å². The Balaban J connectivity index is 1.99. The van der Waals surface area contributed by atoms with Gasteiger partial charge in [0.1, 0.15) is 0 Å². The van der Waals surface area contributed by atoms with Crippen molar-refractivity contribution in [2.45, 2.75) is 6.04 Å². The number of ether oxygens (including phenoxy) is 2. The highest BCUT2D eigenvalue weighted by Crippen LogP contribution is 2.40. The number of nitro groups is 1. The summed E-state index contributed by atoms with van der Waals surface area (Å²) in [5, 5.41) is 18.6. The third-order valence-corrected chi connectivity index (χ3v) is 4.15. The van der Waals surface area contributed by atoms with Crippen molar-refractivity contribution in [3.8, 4) is 23.0 Å². The van der Waals surface area contributed by atoms with Crippen molar-refractivity contribution in [2.24, 2.45) is 0 Å². The second-order valence-electron chi connectivity index (χ2n) is 5.65. The van der Waals surface area contributed by atoms with Gasteiger partial charge in [0, 0.05) is 25.7 Å². The molecular weight excluding hydrogens is 330 g/mol. The quantitative estimate of drug-likeness (QED) is 0.628. The summed E-state index contributed by atoms with van der Waals surface area (Å²) in [6, 6.07) is 2.90. The van der Waals surface area contributed by atoms with Gasteiger partial charge in [0.05, 0.1) is 30.7 Å². The van der Waals surface area contributed by atoms with Crippen molar-refractivity contribution >= 4 is 5.69 Å². The summed E-state index contributed by atoms with van der Waals surface area (Å²) in [4.78, 5) is 17.3. The lowest BCUT2D eigenvalue weighted by Gasteiger charge is -2.30. The van der Waals surface area contributed by atoms with Gasteiger partial charge in [0.15, 0.2) is 11.6 Å². The minimum Gasteiger partial charge on any atom is -0.493 e. The van der Waals surface area contributed by atoms with E-state index in [-0.39, 0.29) is 29.1 Å². The molecule has 1 aliphatic rings. The van der Waals surface area contributed by atoms with E-state index in [1.54, 1.807) is 6.07 Å². The summed E-state index contributed by atoms with van der Waals surface area (Å²) in [6.45, 7) is 2.48. The maximum atomic E-state index is 11.3. The summed E-state index contributed by atoms with van der Waals surface area (Å²) < 4.78 is 15.6. The Morgan fingerprint density at radius 2 is 2.20 bits per heavy atom. The van der Waals surface area contributed by atoms with Crippen molar-refractivity contribution in [3.05, 3.63) is 28.1 Å². The fourth-order valence-corrected chi connectivity index (χ4v) is 2.79. The molecule has 1 atom stereocenters. The Hall–Kier alpha value is -2.72. The molecule has 1 N–H and O–H groups in total. The predicted octanol–water partition coefficient (Wildman–Crippen LogP) is 1.24. The monoisotopic (exact) mass is 349 g/mol. The van der Waals surface area contributed by atoms with Crippen LogP contribution in [0, 0.1) is 10.1 Å². The van der Waals surface area contributed by atoms with Crippen molar-refractivity contribution in [1.82, 2.24) is 20.4 Å². The zero-order valence-corrected chi connectivity index (χ0v) is 14.2. The van der Waals surface area contributed by atoms with Crippen LogP contribution in [0.5, 0.6) is 11.5 Å². The Kier molecular flexibility index (Phi) is 4.81. The first-order valence-corrected chi connectivity index (χ1v) is 7.70. The molecule has 1 fully saturated rings. The maximum Gasteiger partial charge on any atom is 0.315 e. The van der Waals surface area contributed by atoms with E-state index >= 15 is 0 Å². The third kappa shape index (κ3) is 3.26. The number of rotatable bonds is 5. The van der Waals surface area contributed by atoms with Crippen LogP contribution in [0.3, 0.4) is 0 Å². The molecule has 10 heteroatoms. The van der Waals surface area contributed by atoms with Gasteiger partial charge in [-0.2, -0.15) is 4.98 Å². The number of likely N-dealkylation sites (N-methyl/N-ethyl adjacent to an activating group) is 1. The molecule has 0 aliphatic carbocycles. The number of nitrogens with one attached hydrogen (secondary N) is 1. The fourth-order valence-electron chi connectivity index (χ4n) is 2.79. The lowest BCUT2D eigenvalue weighted by Crippen LogP contribution is -2.44. The van der Waals surface area contributed by atoms with Gasteiger partial charge in [-0.1, -0.05) is 5.16 Å². The largest absolute Gasteiger partial charge is 0.493 e. The molecule has 1 aromatic heterocycles. The first-order chi connectivity index (χ1) is 12.0. The van der Waals surface area contributed by atoms with Crippen LogP contribution in [0.1, 0.15) is 11.9 Å². The van der Waals surface area contributed by atoms with Crippen molar-refractivity contribution in [1.29, 1.82) is 0 Å². The second kappa shape index (κ2) is 7.03. The van der Waals surface area contributed by atoms with Crippen LogP contribution < -0.4 is 14.8 Å². The summed E-state index contributed by atoms with van der Waals surface area (Å²) in [5.41, 5.74) is 0.169. The van der Waals surface area contributed by atoms with E-state index in [4.69, 9.17) is 14.0 Å². The van der Waals surface area contributed by atoms with Crippen molar-refractivity contribution in [3.63, 3.8) is 0 Å². The zero-order valence-electron chi connectivity index (χ0n) is 14.2. The molecule has 0 radical (unpaired) electrons. The predicted molar refractivity (Wildman–Crippen MR) is 87.7 cm³/mol. The van der Waals surface area contributed by atoms with Crippen LogP contribution in [-0.2, 0) is 0 Å². The fraction of sp³-hybridized carbons (Fsp3) is 0.467. The van der Waals surface area contributed by atoms with E-state index < -0.39 is 4.92 Å². The minimum absolute atomic E-state index is 0.0126. The molecule has 3 rings (SSSR count). The summed E-state index contributed by atoms with van der Waals surface area (Å²) >= 11 is 0. The van der Waals surface area contributed by atoms with Crippen LogP contribution in [-0.4, -0.2) is 60.9 Å². The molecule has 134 valence electrons. The first-order valence-electron chi connectivity index (χ1n) is 7.70. The van der Waals surface area contributed by atoms with Crippen molar-refractivity contribution in [2.75, 3.05) is 40.9 Å². The van der Waals surface area contributed by atoms with E-state index in [1.807, 2.05) is 7.05 Å². The first kappa shape index (κ1) is 17.1. The molecule has 1 saturated heterocycles. The van der Waals surface area contributed by atoms with Crippen LogP contribution in [0.2, 0.25) is 0 Å². The molecule has 1 aromatic carbocycles. The number of benzene rings is 1. The molecule has 0 spiro atoms. The minimum atomic E-state index is -0.541. The van der Waals surface area contributed by atoms with Crippen LogP contribution in [0.4, 0.5) is 5.69 Å². The molecule has 0 amide bonds. The third-order valence-electron chi connectivity index (χ3n) is 4.15. The number of nitro benzene ring substituents is 1. The van der Waals surface area contributed by atoms with Gasteiger partial charge in [0.25, 0.3) is 5.89 Å². The number of hydrogen-bond acceptors (Lipinski definition) is 9. The molecule has 0 saturated carbocycles. The highest BCUT2D eigenvalue weighted by molar-refractivity contribution is 5.68. The van der Waals surface area contributed by atoms with E-state index in [0.717, 1.165) is 13.1 Å². The number of nitrogens with zero attached hydrogens (tertiary/aromatic N) is 4. The lowest BCUT2D eigenvalue weighted by molar-refractivity contribution is -0.385. The smallest absolute Gasteiger partial charge is 0.315 e. The maximum absolute atomic E-state index is 11.3. The molecule has 1 aliphatic heterocycles. The van der Waals surface area contributed by atoms with Crippen LogP contribution >= 0.6 is 0 Å². The molecule has 1 unspecified atom stereocenters. The van der Waals surface area contributed by atoms with Gasteiger partial charge in [-0.05, 0) is 13.1 Å². The van der Waals surface area contributed by atoms with E-state index in [0.29, 0.717) is 17.9 Å². The summed E-state index contributed by atoms with van der Waals surface area (Å²) in [6.07, 6.45) is 0. The Morgan fingerprint density at radius 3 is 2.84 bits per heavy atom. The zero-order chi connectivity index (χ0) is 18.0. The number of methoxy groups -OCH3 is 2. The molecule has 25 heavy (non-hydrogen) atoms. The summed E-state index contributed by atoms with van der Waals surface area (Å²) in [5.74, 6) is 0.996. The SMILES string of the molecule is COc1cc(-c2nc(C3CNCCN3C)no2)cc([N+](=O)[O-])c1OC. The second-order valence-corrected chi connectivity index (χ2v) is 5.65. The molecular formula is C15H19N5O5. The number of piperazine rings is 1. The van der Waals surface area contributed by atoms with Gasteiger partial charge in [-0.25, -0.2) is 0 Å². The Morgan fingerprint density at radius 1 is 1.40 bits per heavy atom. The molecule has 2 heterocycles. The topological polar surface area (TPSA) is 116 Å². The van der Waals surface area contributed by atoms with Gasteiger partial charge >= 0.3 is 5.69 Å². The Bertz CT molecular complexity index is 778. The molecule has 10 nitrogen and oxygen atoms in total. The molecule has 2 aromatic rings. The van der Waals surface area contributed by atoms with Gasteiger partial charge in [-0.3, -0.25) is 15.0 Å². The van der Waals surface area contributed by atoms with Gasteiger partial charge in [0.2, 0.25) is 5.75 Å². The van der Waals surface area contributed by atoms with Crippen molar-refractivity contribution < 1.29 is 18.9 Å². The van der Waals surface area contributed by atoms with Crippen LogP contribution in [0.25, 0.3) is 11.5 Å². The van der Waals surface area contributed by atoms with E-state index in [1.165, 1.54) is 20.3 Å². The highest BCUT2D eigenvalue weighted by atomic mass is 16.6. The standard InChI is InChI=1S/C15H19N5O5/c1-19-5-4-16-8-11(19)14-17-15(25-18-14)9-6-10(20(21)22)13(24-3)12(7-9)23-2/h6-7,11,16H,4-5,8H2,1-3H3. The average molecular weight is 349 g/mol. The Labute approximate surface area is 143 Å². The molecule has 0 bridgehead atoms. The normalized spacial score (nSPS) is 18.1. The van der Waals surface area contributed by atoms with Gasteiger partial charge < -0.3 is 19.3 Å². The van der Waals surface area contributed by atoms with E-state index in [2.05, 4.69) is 20.4 Å².